The zero-order valence-electron chi connectivity index (χ0n) is 18.0. The Hall–Kier alpha value is -4.33. The molecule has 0 amide bonds. The minimum Gasteiger partial charge on any atom is -0.493 e. The Bertz CT molecular complexity index is 1280. The number of esters is 1. The van der Waals surface area contributed by atoms with Crippen molar-refractivity contribution in [2.24, 2.45) is 0 Å². The fourth-order valence-electron chi connectivity index (χ4n) is 3.39. The first-order valence-electron chi connectivity index (χ1n) is 9.80. The van der Waals surface area contributed by atoms with Crippen molar-refractivity contribution in [1.29, 1.82) is 0 Å². The molecule has 1 aliphatic rings. The van der Waals surface area contributed by atoms with Gasteiger partial charge in [-0.15, -0.1) is 0 Å². The van der Waals surface area contributed by atoms with E-state index in [4.69, 9.17) is 23.7 Å². The van der Waals surface area contributed by atoms with E-state index in [9.17, 15) is 14.0 Å². The first kappa shape index (κ1) is 21.9. The number of fused-ring (bicyclic) bond motifs is 1. The molecule has 0 spiro atoms. The molecule has 3 aromatic carbocycles. The molecule has 4 rings (SSSR count). The number of methoxy groups -OCH3 is 3. The van der Waals surface area contributed by atoms with Gasteiger partial charge in [0.1, 0.15) is 17.3 Å². The SMILES string of the molecule is COc1ccc(/C=C2\Oc3cc(OC(=O)c4cccc(F)c4)ccc3C2=O)c(OC)c1OC. The number of hydrogen-bond acceptors (Lipinski definition) is 7. The molecule has 0 saturated heterocycles. The van der Waals surface area contributed by atoms with Gasteiger partial charge in [-0.3, -0.25) is 4.79 Å². The van der Waals surface area contributed by atoms with Crippen molar-refractivity contribution >= 4 is 17.8 Å². The third kappa shape index (κ3) is 4.23. The van der Waals surface area contributed by atoms with Crippen molar-refractivity contribution in [2.45, 2.75) is 0 Å². The van der Waals surface area contributed by atoms with E-state index in [1.54, 1.807) is 12.1 Å². The van der Waals surface area contributed by atoms with Gasteiger partial charge in [-0.05, 0) is 48.5 Å². The molecule has 0 bridgehead atoms. The normalized spacial score (nSPS) is 13.3. The fourth-order valence-corrected chi connectivity index (χ4v) is 3.39. The minimum absolute atomic E-state index is 0.0594. The molecule has 33 heavy (non-hydrogen) atoms. The summed E-state index contributed by atoms with van der Waals surface area (Å²) in [5, 5.41) is 0. The fraction of sp³-hybridized carbons (Fsp3) is 0.120. The van der Waals surface area contributed by atoms with Crippen LogP contribution in [0.3, 0.4) is 0 Å². The van der Waals surface area contributed by atoms with Gasteiger partial charge in [0.05, 0.1) is 32.5 Å². The number of halogens is 1. The number of allylic oxidation sites excluding steroid dienone is 1. The lowest BCUT2D eigenvalue weighted by molar-refractivity contribution is 0.0734. The van der Waals surface area contributed by atoms with E-state index in [2.05, 4.69) is 0 Å². The van der Waals surface area contributed by atoms with Gasteiger partial charge in [-0.2, -0.15) is 0 Å². The monoisotopic (exact) mass is 450 g/mol. The van der Waals surface area contributed by atoms with Crippen molar-refractivity contribution < 1.29 is 37.7 Å². The molecule has 0 N–H and O–H groups in total. The van der Waals surface area contributed by atoms with E-state index in [1.807, 2.05) is 0 Å². The largest absolute Gasteiger partial charge is 0.493 e. The van der Waals surface area contributed by atoms with Crippen LogP contribution in [0.1, 0.15) is 26.3 Å². The number of hydrogen-bond donors (Lipinski definition) is 0. The van der Waals surface area contributed by atoms with Gasteiger partial charge >= 0.3 is 5.97 Å². The number of rotatable bonds is 6. The summed E-state index contributed by atoms with van der Waals surface area (Å²) in [7, 11) is 4.47. The van der Waals surface area contributed by atoms with E-state index >= 15 is 0 Å². The van der Waals surface area contributed by atoms with E-state index in [1.165, 1.54) is 63.8 Å². The van der Waals surface area contributed by atoms with Crippen LogP contribution in [0, 0.1) is 5.82 Å². The van der Waals surface area contributed by atoms with E-state index in [0.717, 1.165) is 6.07 Å². The number of carbonyl (C=O) groups excluding carboxylic acids is 2. The summed E-state index contributed by atoms with van der Waals surface area (Å²) < 4.78 is 40.5. The number of carbonyl (C=O) groups is 2. The van der Waals surface area contributed by atoms with Gasteiger partial charge in [-0.1, -0.05) is 6.07 Å². The first-order valence-corrected chi connectivity index (χ1v) is 9.80. The van der Waals surface area contributed by atoms with Crippen LogP contribution in [-0.2, 0) is 0 Å². The number of Topliss-reactive ketones (excluding diaryl/α,β-unsaturated/α-hetero) is 1. The van der Waals surface area contributed by atoms with E-state index < -0.39 is 11.8 Å². The molecular formula is C25H19FO7. The Balaban J connectivity index is 1.61. The first-order chi connectivity index (χ1) is 15.9. The molecule has 3 aromatic rings. The van der Waals surface area contributed by atoms with Crippen molar-refractivity contribution in [3.8, 4) is 28.7 Å². The maximum atomic E-state index is 13.4. The highest BCUT2D eigenvalue weighted by molar-refractivity contribution is 6.14. The van der Waals surface area contributed by atoms with Crippen molar-refractivity contribution in [2.75, 3.05) is 21.3 Å². The second-order valence-corrected chi connectivity index (χ2v) is 6.92. The lowest BCUT2D eigenvalue weighted by atomic mass is 10.1. The van der Waals surface area contributed by atoms with Crippen LogP contribution in [-0.4, -0.2) is 33.1 Å². The van der Waals surface area contributed by atoms with Crippen LogP contribution in [0.25, 0.3) is 6.08 Å². The lowest BCUT2D eigenvalue weighted by Gasteiger charge is -2.14. The predicted molar refractivity (Wildman–Crippen MR) is 117 cm³/mol. The standard InChI is InChI=1S/C25H19FO7/c1-29-19-10-7-14(23(30-2)24(19)31-3)12-21-22(27)18-9-8-17(13-20(18)33-21)32-25(28)15-5-4-6-16(26)11-15/h4-13H,1-3H3/b21-12-. The highest BCUT2D eigenvalue weighted by Crippen LogP contribution is 2.42. The van der Waals surface area contributed by atoms with Gasteiger partial charge in [-0.25, -0.2) is 9.18 Å². The van der Waals surface area contributed by atoms with Gasteiger partial charge < -0.3 is 23.7 Å². The predicted octanol–water partition coefficient (Wildman–Crippen LogP) is 4.69. The van der Waals surface area contributed by atoms with Gasteiger partial charge in [0.2, 0.25) is 11.5 Å². The van der Waals surface area contributed by atoms with Crippen LogP contribution < -0.4 is 23.7 Å². The maximum Gasteiger partial charge on any atom is 0.343 e. The van der Waals surface area contributed by atoms with Crippen LogP contribution in [0.4, 0.5) is 4.39 Å². The zero-order valence-corrected chi connectivity index (χ0v) is 18.0. The number of ketones is 1. The Kier molecular flexibility index (Phi) is 5.99. The number of benzene rings is 3. The van der Waals surface area contributed by atoms with Gasteiger partial charge in [0.15, 0.2) is 17.3 Å². The third-order valence-corrected chi connectivity index (χ3v) is 4.93. The Morgan fingerprint density at radius 3 is 2.42 bits per heavy atom. The van der Waals surface area contributed by atoms with E-state index in [-0.39, 0.29) is 28.6 Å². The molecule has 0 unspecified atom stereocenters. The molecule has 0 radical (unpaired) electrons. The molecule has 0 saturated carbocycles. The van der Waals surface area contributed by atoms with Crippen molar-refractivity contribution in [3.63, 3.8) is 0 Å². The summed E-state index contributed by atoms with van der Waals surface area (Å²) in [5.74, 6) is 0.0516. The van der Waals surface area contributed by atoms with Crippen LogP contribution in [0.15, 0.2) is 60.4 Å². The molecule has 1 heterocycles. The molecule has 7 nitrogen and oxygen atoms in total. The van der Waals surface area contributed by atoms with Crippen molar-refractivity contribution in [3.05, 3.63) is 82.9 Å². The second kappa shape index (κ2) is 9.04. The minimum atomic E-state index is -0.732. The van der Waals surface area contributed by atoms with Crippen LogP contribution >= 0.6 is 0 Å². The molecule has 0 atom stereocenters. The van der Waals surface area contributed by atoms with Gasteiger partial charge in [0.25, 0.3) is 0 Å². The molecule has 168 valence electrons. The zero-order chi connectivity index (χ0) is 23.5. The summed E-state index contributed by atoms with van der Waals surface area (Å²) in [5.41, 5.74) is 0.920. The molecule has 0 fully saturated rings. The summed E-state index contributed by atoms with van der Waals surface area (Å²) in [6.45, 7) is 0. The smallest absolute Gasteiger partial charge is 0.343 e. The Morgan fingerprint density at radius 2 is 1.73 bits per heavy atom. The summed E-state index contributed by atoms with van der Waals surface area (Å²) in [6.07, 6.45) is 1.53. The van der Waals surface area contributed by atoms with Gasteiger partial charge in [0, 0.05) is 11.6 Å². The van der Waals surface area contributed by atoms with E-state index in [0.29, 0.717) is 28.4 Å². The summed E-state index contributed by atoms with van der Waals surface area (Å²) in [4.78, 5) is 25.1. The molecule has 1 aliphatic heterocycles. The summed E-state index contributed by atoms with van der Waals surface area (Å²) >= 11 is 0. The highest BCUT2D eigenvalue weighted by Gasteiger charge is 2.29. The maximum absolute atomic E-state index is 13.4. The molecular weight excluding hydrogens is 431 g/mol. The number of ether oxygens (including phenoxy) is 5. The van der Waals surface area contributed by atoms with Crippen LogP contribution in [0.2, 0.25) is 0 Å². The molecule has 0 aliphatic carbocycles. The second-order valence-electron chi connectivity index (χ2n) is 6.92. The highest BCUT2D eigenvalue weighted by atomic mass is 19.1. The Labute approximate surface area is 188 Å². The summed E-state index contributed by atoms with van der Waals surface area (Å²) in [6, 6.07) is 12.9. The van der Waals surface area contributed by atoms with Crippen molar-refractivity contribution in [1.82, 2.24) is 0 Å². The Morgan fingerprint density at radius 1 is 0.939 bits per heavy atom. The lowest BCUT2D eigenvalue weighted by Crippen LogP contribution is -2.08. The molecule has 8 heteroatoms. The average molecular weight is 450 g/mol. The quantitative estimate of drug-likeness (QED) is 0.306. The topological polar surface area (TPSA) is 80.3 Å². The molecule has 0 aromatic heterocycles. The third-order valence-electron chi connectivity index (χ3n) is 4.93. The van der Waals surface area contributed by atoms with Crippen LogP contribution in [0.5, 0.6) is 28.7 Å². The average Bonchev–Trinajstić information content (AvgIpc) is 3.12.